The van der Waals surface area contributed by atoms with Gasteiger partial charge in [0.05, 0.1) is 6.20 Å². The summed E-state index contributed by atoms with van der Waals surface area (Å²) in [5.74, 6) is 0.745. The second-order valence-electron chi connectivity index (χ2n) is 4.20. The Morgan fingerprint density at radius 1 is 1.30 bits per heavy atom. The van der Waals surface area contributed by atoms with Crippen LogP contribution < -0.4 is 10.6 Å². The zero-order valence-corrected chi connectivity index (χ0v) is 12.1. The first-order valence-corrected chi connectivity index (χ1v) is 6.23. The molecule has 2 N–H and O–H groups in total. The Labute approximate surface area is 124 Å². The minimum absolute atomic E-state index is 0. The summed E-state index contributed by atoms with van der Waals surface area (Å²) in [6.45, 7) is 0.845. The van der Waals surface area contributed by atoms with Gasteiger partial charge in [-0.3, -0.25) is 4.79 Å². The van der Waals surface area contributed by atoms with Crippen molar-refractivity contribution in [1.82, 2.24) is 10.3 Å². The molecule has 0 spiro atoms. The Morgan fingerprint density at radius 2 is 2.05 bits per heavy atom. The van der Waals surface area contributed by atoms with Crippen LogP contribution in [0.25, 0.3) is 11.3 Å². The number of nitrogens with zero attached hydrogens (tertiary/aromatic N) is 1. The molecule has 0 bridgehead atoms. The largest absolute Gasteiger partial charge is 0.444 e. The molecule has 0 aliphatic heterocycles. The van der Waals surface area contributed by atoms with Crippen LogP contribution in [0.1, 0.15) is 12.8 Å². The highest BCUT2D eigenvalue weighted by molar-refractivity contribution is 5.90. The lowest BCUT2D eigenvalue weighted by atomic mass is 10.1. The molecule has 1 amide bonds. The normalized spacial score (nSPS) is 9.85. The highest BCUT2D eigenvalue weighted by atomic mass is 35.5. The first-order valence-electron chi connectivity index (χ1n) is 6.23. The molecule has 20 heavy (non-hydrogen) atoms. The van der Waals surface area contributed by atoms with Crippen molar-refractivity contribution in [2.24, 2.45) is 0 Å². The lowest BCUT2D eigenvalue weighted by Crippen LogP contribution is -2.15. The van der Waals surface area contributed by atoms with Gasteiger partial charge in [-0.1, -0.05) is 0 Å². The Bertz CT molecular complexity index is 512. The number of halogens is 1. The summed E-state index contributed by atoms with van der Waals surface area (Å²) >= 11 is 0. The molecule has 2 rings (SSSR count). The van der Waals surface area contributed by atoms with Crippen LogP contribution in [-0.4, -0.2) is 24.5 Å². The molecule has 0 saturated carbocycles. The number of nitrogens with one attached hydrogen (secondary N) is 2. The van der Waals surface area contributed by atoms with Gasteiger partial charge >= 0.3 is 0 Å². The van der Waals surface area contributed by atoms with Gasteiger partial charge in [0, 0.05) is 17.7 Å². The fourth-order valence-corrected chi connectivity index (χ4v) is 1.73. The number of hydrogen-bond acceptors (Lipinski definition) is 4. The van der Waals surface area contributed by atoms with Crippen molar-refractivity contribution in [1.29, 1.82) is 0 Å². The molecule has 6 heteroatoms. The summed E-state index contributed by atoms with van der Waals surface area (Å²) in [5, 5.41) is 5.87. The quantitative estimate of drug-likeness (QED) is 0.804. The third-order valence-electron chi connectivity index (χ3n) is 2.72. The molecule has 2 aromatic rings. The van der Waals surface area contributed by atoms with E-state index in [1.54, 1.807) is 6.20 Å². The van der Waals surface area contributed by atoms with Gasteiger partial charge in [0.1, 0.15) is 0 Å². The standard InChI is InChI=1S/C14H17N3O2.ClH/c1-15-8-2-3-14(18)17-12-6-4-11(5-7-12)13-9-16-10-19-13;/h4-7,9-10,15H,2-3,8H2,1H3,(H,17,18);1H. The summed E-state index contributed by atoms with van der Waals surface area (Å²) in [6.07, 6.45) is 4.40. The van der Waals surface area contributed by atoms with E-state index in [2.05, 4.69) is 15.6 Å². The molecule has 0 aliphatic carbocycles. The molecule has 5 nitrogen and oxygen atoms in total. The van der Waals surface area contributed by atoms with Crippen LogP contribution in [-0.2, 0) is 4.79 Å². The third kappa shape index (κ3) is 4.68. The number of benzene rings is 1. The van der Waals surface area contributed by atoms with E-state index in [0.717, 1.165) is 24.2 Å². The summed E-state index contributed by atoms with van der Waals surface area (Å²) in [4.78, 5) is 15.5. The first-order chi connectivity index (χ1) is 9.29. The van der Waals surface area contributed by atoms with Gasteiger partial charge in [-0.25, -0.2) is 4.98 Å². The zero-order chi connectivity index (χ0) is 13.5. The number of amides is 1. The zero-order valence-electron chi connectivity index (χ0n) is 11.3. The molecule has 1 heterocycles. The molecule has 108 valence electrons. The fraction of sp³-hybridized carbons (Fsp3) is 0.286. The fourth-order valence-electron chi connectivity index (χ4n) is 1.73. The molecule has 1 aromatic heterocycles. The average Bonchev–Trinajstić information content (AvgIpc) is 2.94. The molecule has 0 radical (unpaired) electrons. The lowest BCUT2D eigenvalue weighted by Gasteiger charge is -2.05. The Hall–Kier alpha value is -1.85. The molecule has 0 atom stereocenters. The number of anilines is 1. The molecule has 0 fully saturated rings. The molecule has 1 aromatic carbocycles. The van der Waals surface area contributed by atoms with Crippen LogP contribution in [0.5, 0.6) is 0 Å². The van der Waals surface area contributed by atoms with Crippen LogP contribution in [0.3, 0.4) is 0 Å². The Morgan fingerprint density at radius 3 is 2.65 bits per heavy atom. The van der Waals surface area contributed by atoms with Gasteiger partial charge in [-0.2, -0.15) is 0 Å². The number of aromatic nitrogens is 1. The third-order valence-corrected chi connectivity index (χ3v) is 2.72. The van der Waals surface area contributed by atoms with E-state index in [1.807, 2.05) is 31.3 Å². The predicted octanol–water partition coefficient (Wildman–Crippen LogP) is 2.70. The highest BCUT2D eigenvalue weighted by Crippen LogP contribution is 2.20. The maximum atomic E-state index is 11.6. The van der Waals surface area contributed by atoms with Crippen LogP contribution >= 0.6 is 12.4 Å². The van der Waals surface area contributed by atoms with Gasteiger partial charge in [0.2, 0.25) is 5.91 Å². The molecule has 0 unspecified atom stereocenters. The summed E-state index contributed by atoms with van der Waals surface area (Å²) in [5.41, 5.74) is 1.73. The van der Waals surface area contributed by atoms with Gasteiger partial charge in [0.15, 0.2) is 12.2 Å². The number of hydrogen-bond donors (Lipinski definition) is 2. The van der Waals surface area contributed by atoms with Crippen molar-refractivity contribution < 1.29 is 9.21 Å². The van der Waals surface area contributed by atoms with E-state index >= 15 is 0 Å². The number of oxazole rings is 1. The van der Waals surface area contributed by atoms with Crippen molar-refractivity contribution >= 4 is 24.0 Å². The second kappa shape index (κ2) is 8.35. The van der Waals surface area contributed by atoms with Crippen LogP contribution in [0.2, 0.25) is 0 Å². The van der Waals surface area contributed by atoms with Gasteiger partial charge in [0.25, 0.3) is 0 Å². The van der Waals surface area contributed by atoms with E-state index in [-0.39, 0.29) is 18.3 Å². The topological polar surface area (TPSA) is 67.2 Å². The van der Waals surface area contributed by atoms with Gasteiger partial charge in [-0.05, 0) is 44.3 Å². The van der Waals surface area contributed by atoms with Crippen molar-refractivity contribution in [3.8, 4) is 11.3 Å². The maximum Gasteiger partial charge on any atom is 0.224 e. The number of carbonyl (C=O) groups is 1. The van der Waals surface area contributed by atoms with Crippen LogP contribution in [0, 0.1) is 0 Å². The first kappa shape index (κ1) is 16.2. The van der Waals surface area contributed by atoms with Crippen molar-refractivity contribution in [3.05, 3.63) is 36.9 Å². The summed E-state index contributed by atoms with van der Waals surface area (Å²) < 4.78 is 5.20. The molecular weight excluding hydrogens is 278 g/mol. The Kier molecular flexibility index (Phi) is 6.76. The summed E-state index contributed by atoms with van der Waals surface area (Å²) in [6, 6.07) is 7.50. The summed E-state index contributed by atoms with van der Waals surface area (Å²) in [7, 11) is 1.88. The Balaban J connectivity index is 0.00000200. The van der Waals surface area contributed by atoms with Gasteiger partial charge in [-0.15, -0.1) is 12.4 Å². The molecule has 0 aliphatic rings. The minimum atomic E-state index is 0. The minimum Gasteiger partial charge on any atom is -0.444 e. The number of rotatable bonds is 6. The molecule has 0 saturated heterocycles. The van der Waals surface area contributed by atoms with Crippen molar-refractivity contribution in [3.63, 3.8) is 0 Å². The van der Waals surface area contributed by atoms with Crippen LogP contribution in [0.15, 0.2) is 41.3 Å². The average molecular weight is 296 g/mol. The highest BCUT2D eigenvalue weighted by Gasteiger charge is 2.04. The maximum absolute atomic E-state index is 11.6. The lowest BCUT2D eigenvalue weighted by molar-refractivity contribution is -0.116. The van der Waals surface area contributed by atoms with E-state index in [4.69, 9.17) is 4.42 Å². The van der Waals surface area contributed by atoms with Crippen LogP contribution in [0.4, 0.5) is 5.69 Å². The van der Waals surface area contributed by atoms with E-state index in [9.17, 15) is 4.79 Å². The van der Waals surface area contributed by atoms with E-state index in [0.29, 0.717) is 12.2 Å². The number of carbonyl (C=O) groups excluding carboxylic acids is 1. The van der Waals surface area contributed by atoms with Crippen molar-refractivity contribution in [2.75, 3.05) is 18.9 Å². The van der Waals surface area contributed by atoms with E-state index < -0.39 is 0 Å². The molecular formula is C14H18ClN3O2. The van der Waals surface area contributed by atoms with Gasteiger partial charge < -0.3 is 15.1 Å². The van der Waals surface area contributed by atoms with E-state index in [1.165, 1.54) is 6.39 Å². The predicted molar refractivity (Wildman–Crippen MR) is 81.0 cm³/mol. The monoisotopic (exact) mass is 295 g/mol. The van der Waals surface area contributed by atoms with Crippen molar-refractivity contribution in [2.45, 2.75) is 12.8 Å². The second-order valence-corrected chi connectivity index (χ2v) is 4.20. The SMILES string of the molecule is CNCCCC(=O)Nc1ccc(-c2cnco2)cc1.Cl. The smallest absolute Gasteiger partial charge is 0.224 e.